The van der Waals surface area contributed by atoms with E-state index in [1.54, 1.807) is 23.1 Å². The number of hydrogen-bond acceptors (Lipinski definition) is 4. The van der Waals surface area contributed by atoms with Crippen LogP contribution in [0.1, 0.15) is 0 Å². The van der Waals surface area contributed by atoms with Gasteiger partial charge in [-0.25, -0.2) is 4.98 Å². The van der Waals surface area contributed by atoms with Gasteiger partial charge in [0.1, 0.15) is 0 Å². The summed E-state index contributed by atoms with van der Waals surface area (Å²) in [7, 11) is 0. The van der Waals surface area contributed by atoms with Crippen molar-refractivity contribution in [1.29, 1.82) is 0 Å². The van der Waals surface area contributed by atoms with Crippen LogP contribution in [0.2, 0.25) is 0 Å². The fourth-order valence-corrected chi connectivity index (χ4v) is 2.91. The molecule has 0 saturated heterocycles. The van der Waals surface area contributed by atoms with Gasteiger partial charge in [0, 0.05) is 46.8 Å². The predicted octanol–water partition coefficient (Wildman–Crippen LogP) is 3.33. The van der Waals surface area contributed by atoms with E-state index in [1.165, 1.54) is 0 Å². The zero-order chi connectivity index (χ0) is 15.9. The van der Waals surface area contributed by atoms with Crippen LogP contribution in [0.25, 0.3) is 39.3 Å². The lowest BCUT2D eigenvalue weighted by molar-refractivity contribution is 0.951. The molecule has 0 bridgehead atoms. The van der Waals surface area contributed by atoms with Gasteiger partial charge in [-0.2, -0.15) is 9.50 Å². The second kappa shape index (κ2) is 4.99. The molecule has 0 amide bonds. The molecule has 0 spiro atoms. The van der Waals surface area contributed by atoms with Gasteiger partial charge in [0.15, 0.2) is 5.82 Å². The number of aromatic amines is 1. The van der Waals surface area contributed by atoms with E-state index in [9.17, 15) is 0 Å². The number of aromatic nitrogens is 6. The quantitative estimate of drug-likeness (QED) is 0.542. The molecule has 5 aromatic rings. The molecule has 0 atom stereocenters. The standard InChI is InChI=1S/C18H12N6/c1-2-4-15-13(3-1)14(11-21-15)17-22-18-20-10-7-16(24(18)23-17)12-5-8-19-9-6-12/h1-11,21H. The first-order valence-corrected chi connectivity index (χ1v) is 7.59. The Balaban J connectivity index is 1.75. The van der Waals surface area contributed by atoms with Gasteiger partial charge in [-0.1, -0.05) is 18.2 Å². The van der Waals surface area contributed by atoms with Crippen LogP contribution < -0.4 is 0 Å². The molecule has 6 heteroatoms. The molecule has 0 aliphatic rings. The molecule has 0 fully saturated rings. The average molecular weight is 312 g/mol. The maximum atomic E-state index is 4.68. The van der Waals surface area contributed by atoms with Gasteiger partial charge in [0.25, 0.3) is 5.78 Å². The van der Waals surface area contributed by atoms with Gasteiger partial charge < -0.3 is 4.98 Å². The molecular formula is C18H12N6. The molecule has 24 heavy (non-hydrogen) atoms. The third-order valence-electron chi connectivity index (χ3n) is 4.05. The van der Waals surface area contributed by atoms with Crippen molar-refractivity contribution in [2.45, 2.75) is 0 Å². The fourth-order valence-electron chi connectivity index (χ4n) is 2.91. The maximum absolute atomic E-state index is 4.68. The number of hydrogen-bond donors (Lipinski definition) is 1. The van der Waals surface area contributed by atoms with Crippen LogP contribution in [0, 0.1) is 0 Å². The number of nitrogens with zero attached hydrogens (tertiary/aromatic N) is 5. The summed E-state index contributed by atoms with van der Waals surface area (Å²) in [5.41, 5.74) is 3.99. The molecule has 0 aliphatic carbocycles. The van der Waals surface area contributed by atoms with Gasteiger partial charge in [-0.15, -0.1) is 5.10 Å². The number of rotatable bonds is 2. The highest BCUT2D eigenvalue weighted by molar-refractivity contribution is 5.93. The Morgan fingerprint density at radius 2 is 1.79 bits per heavy atom. The Morgan fingerprint density at radius 1 is 0.917 bits per heavy atom. The van der Waals surface area contributed by atoms with Crippen LogP contribution in [-0.2, 0) is 0 Å². The molecule has 114 valence electrons. The molecule has 4 heterocycles. The summed E-state index contributed by atoms with van der Waals surface area (Å²) in [6, 6.07) is 13.9. The van der Waals surface area contributed by atoms with Gasteiger partial charge >= 0.3 is 0 Å². The summed E-state index contributed by atoms with van der Waals surface area (Å²) in [6.45, 7) is 0. The van der Waals surface area contributed by atoms with E-state index in [1.807, 2.05) is 42.6 Å². The van der Waals surface area contributed by atoms with Crippen molar-refractivity contribution in [1.82, 2.24) is 29.5 Å². The smallest absolute Gasteiger partial charge is 0.253 e. The van der Waals surface area contributed by atoms with Crippen LogP contribution >= 0.6 is 0 Å². The van der Waals surface area contributed by atoms with E-state index in [4.69, 9.17) is 0 Å². The van der Waals surface area contributed by atoms with Crippen molar-refractivity contribution in [2.75, 3.05) is 0 Å². The van der Waals surface area contributed by atoms with Crippen molar-refractivity contribution in [2.24, 2.45) is 0 Å². The Bertz CT molecular complexity index is 1160. The van der Waals surface area contributed by atoms with Gasteiger partial charge in [0.05, 0.1) is 5.69 Å². The summed E-state index contributed by atoms with van der Waals surface area (Å²) < 4.78 is 1.77. The first kappa shape index (κ1) is 13.0. The number of benzene rings is 1. The Morgan fingerprint density at radius 3 is 2.71 bits per heavy atom. The van der Waals surface area contributed by atoms with Crippen molar-refractivity contribution in [3.8, 4) is 22.6 Å². The van der Waals surface area contributed by atoms with Crippen LogP contribution in [0.15, 0.2) is 67.3 Å². The molecule has 1 N–H and O–H groups in total. The van der Waals surface area contributed by atoms with Crippen LogP contribution in [0.4, 0.5) is 0 Å². The van der Waals surface area contributed by atoms with Gasteiger partial charge in [0.2, 0.25) is 0 Å². The zero-order valence-corrected chi connectivity index (χ0v) is 12.6. The van der Waals surface area contributed by atoms with Crippen molar-refractivity contribution in [3.05, 3.63) is 67.3 Å². The topological polar surface area (TPSA) is 71.8 Å². The minimum Gasteiger partial charge on any atom is -0.360 e. The van der Waals surface area contributed by atoms with E-state index in [-0.39, 0.29) is 0 Å². The van der Waals surface area contributed by atoms with Gasteiger partial charge in [-0.05, 0) is 24.3 Å². The van der Waals surface area contributed by atoms with Gasteiger partial charge in [-0.3, -0.25) is 4.98 Å². The molecule has 6 nitrogen and oxygen atoms in total. The first-order valence-electron chi connectivity index (χ1n) is 7.59. The molecule has 1 aromatic carbocycles. The van der Waals surface area contributed by atoms with E-state index in [0.29, 0.717) is 11.6 Å². The third kappa shape index (κ3) is 1.90. The summed E-state index contributed by atoms with van der Waals surface area (Å²) >= 11 is 0. The SMILES string of the molecule is c1ccc2c(-c3nc4nccc(-c5ccncc5)n4n3)c[nH]c2c1. The highest BCUT2D eigenvalue weighted by Gasteiger charge is 2.14. The highest BCUT2D eigenvalue weighted by atomic mass is 15.3. The molecule has 0 aliphatic heterocycles. The van der Waals surface area contributed by atoms with Crippen LogP contribution in [-0.4, -0.2) is 29.5 Å². The van der Waals surface area contributed by atoms with E-state index >= 15 is 0 Å². The normalized spacial score (nSPS) is 11.3. The second-order valence-electron chi connectivity index (χ2n) is 5.46. The fraction of sp³-hybridized carbons (Fsp3) is 0. The summed E-state index contributed by atoms with van der Waals surface area (Å²) in [4.78, 5) is 16.3. The Kier molecular flexibility index (Phi) is 2.69. The monoisotopic (exact) mass is 312 g/mol. The lowest BCUT2D eigenvalue weighted by Crippen LogP contribution is -1.95. The zero-order valence-electron chi connectivity index (χ0n) is 12.6. The number of para-hydroxylation sites is 1. The van der Waals surface area contributed by atoms with Crippen molar-refractivity contribution < 1.29 is 0 Å². The number of fused-ring (bicyclic) bond motifs is 2. The molecule has 5 rings (SSSR count). The number of H-pyrrole nitrogens is 1. The van der Waals surface area contributed by atoms with Crippen molar-refractivity contribution >= 4 is 16.7 Å². The lowest BCUT2D eigenvalue weighted by Gasteiger charge is -2.02. The van der Waals surface area contributed by atoms with Crippen molar-refractivity contribution in [3.63, 3.8) is 0 Å². The molecular weight excluding hydrogens is 300 g/mol. The number of nitrogens with one attached hydrogen (secondary N) is 1. The Labute approximate surface area is 136 Å². The van der Waals surface area contributed by atoms with E-state index < -0.39 is 0 Å². The van der Waals surface area contributed by atoms with E-state index in [0.717, 1.165) is 27.7 Å². The summed E-state index contributed by atoms with van der Waals surface area (Å²) in [6.07, 6.45) is 7.21. The maximum Gasteiger partial charge on any atom is 0.253 e. The molecule has 4 aromatic heterocycles. The lowest BCUT2D eigenvalue weighted by atomic mass is 10.2. The van der Waals surface area contributed by atoms with Crippen LogP contribution in [0.3, 0.4) is 0 Å². The predicted molar refractivity (Wildman–Crippen MR) is 91.3 cm³/mol. The summed E-state index contributed by atoms with van der Waals surface area (Å²) in [5.74, 6) is 1.23. The average Bonchev–Trinajstić information content (AvgIpc) is 3.25. The second-order valence-corrected chi connectivity index (χ2v) is 5.46. The first-order chi connectivity index (χ1) is 11.9. The largest absolute Gasteiger partial charge is 0.360 e. The molecule has 0 unspecified atom stereocenters. The Hall–Kier alpha value is -3.54. The van der Waals surface area contributed by atoms with Crippen LogP contribution in [0.5, 0.6) is 0 Å². The minimum absolute atomic E-state index is 0.574. The molecule has 0 radical (unpaired) electrons. The van der Waals surface area contributed by atoms with E-state index in [2.05, 4.69) is 31.1 Å². The molecule has 0 saturated carbocycles. The minimum atomic E-state index is 0.574. The number of pyridine rings is 1. The highest BCUT2D eigenvalue weighted by Crippen LogP contribution is 2.27. The third-order valence-corrected chi connectivity index (χ3v) is 4.05. The summed E-state index contributed by atoms with van der Waals surface area (Å²) in [5, 5.41) is 5.78.